The average Bonchev–Trinajstić information content (AvgIpc) is 3.91. The van der Waals surface area contributed by atoms with Gasteiger partial charge in [-0.1, -0.05) is 72.8 Å². The summed E-state index contributed by atoms with van der Waals surface area (Å²) in [6.07, 6.45) is 8.06. The Bertz CT molecular complexity index is 1310. The van der Waals surface area contributed by atoms with Crippen LogP contribution in [0.15, 0.2) is 97.1 Å². The Labute approximate surface area is 226 Å². The van der Waals surface area contributed by atoms with Crippen LogP contribution in [-0.4, -0.2) is 30.3 Å². The topological polar surface area (TPSA) is 46.6 Å². The lowest BCUT2D eigenvalue weighted by Gasteiger charge is -2.41. The fraction of sp³-hybridized carbons (Fsp3) is 0.364. The van der Waals surface area contributed by atoms with Crippen molar-refractivity contribution in [3.63, 3.8) is 0 Å². The van der Waals surface area contributed by atoms with Gasteiger partial charge in [-0.25, -0.2) is 4.67 Å². The molecule has 3 atom stereocenters. The quantitative estimate of drug-likeness (QED) is 0.251. The molecule has 0 N–H and O–H groups in total. The first-order chi connectivity index (χ1) is 18.5. The number of allylic oxidation sites excluding steroid dienone is 1. The molecule has 38 heavy (non-hydrogen) atoms. The van der Waals surface area contributed by atoms with Gasteiger partial charge in [-0.2, -0.15) is 0 Å². The molecule has 0 unspecified atom stereocenters. The highest BCUT2D eigenvalue weighted by molar-refractivity contribution is 7.76. The van der Waals surface area contributed by atoms with Crippen molar-refractivity contribution >= 4 is 29.4 Å². The second-order valence-corrected chi connectivity index (χ2v) is 13.9. The Kier molecular flexibility index (Phi) is 6.88. The number of methoxy groups -OCH3 is 1. The molecule has 3 aromatic carbocycles. The molecule has 0 amide bonds. The number of carbonyl (C=O) groups is 1. The number of nitrogens with zero attached hydrogens (tertiary/aromatic N) is 1. The van der Waals surface area contributed by atoms with Gasteiger partial charge in [0, 0.05) is 29.6 Å². The molecule has 3 aliphatic rings. The number of ether oxygens (including phenoxy) is 1. The minimum atomic E-state index is -3.13. The fourth-order valence-corrected chi connectivity index (χ4v) is 9.88. The van der Waals surface area contributed by atoms with Crippen LogP contribution in [0.2, 0.25) is 0 Å². The molecular weight excluding hydrogens is 489 g/mol. The standard InChI is InChI=1S/C33H36NO3P/c1-37-31(35)18-17-26-23-30(26)32-33(20-21-33)24-27(25-11-5-2-6-12-25)19-22-34(32)38(36,28-13-7-3-8-14-28)29-15-9-4-10-16-29/h2-16,19,26,30,32H,17-18,20-24H2,1H3/t26-,30-,32-/m0/s1. The Morgan fingerprint density at radius 3 is 2.05 bits per heavy atom. The second kappa shape index (κ2) is 10.3. The van der Waals surface area contributed by atoms with Crippen LogP contribution in [0.1, 0.15) is 44.1 Å². The molecule has 1 spiro atoms. The summed E-state index contributed by atoms with van der Waals surface area (Å²) in [7, 11) is -1.66. The van der Waals surface area contributed by atoms with Crippen molar-refractivity contribution in [2.24, 2.45) is 17.3 Å². The number of hydrogen-bond donors (Lipinski definition) is 0. The van der Waals surface area contributed by atoms with Crippen LogP contribution in [0.4, 0.5) is 0 Å². The summed E-state index contributed by atoms with van der Waals surface area (Å²) in [4.78, 5) is 11.9. The number of hydrogen-bond acceptors (Lipinski definition) is 3. The maximum absolute atomic E-state index is 15.7. The van der Waals surface area contributed by atoms with Crippen molar-refractivity contribution in [3.8, 4) is 0 Å². The summed E-state index contributed by atoms with van der Waals surface area (Å²) < 4.78 is 23.0. The maximum Gasteiger partial charge on any atom is 0.305 e. The van der Waals surface area contributed by atoms with Gasteiger partial charge >= 0.3 is 5.97 Å². The zero-order valence-electron chi connectivity index (χ0n) is 22.0. The summed E-state index contributed by atoms with van der Waals surface area (Å²) in [5.41, 5.74) is 2.75. The van der Waals surface area contributed by atoms with E-state index in [9.17, 15) is 4.79 Å². The molecule has 1 aliphatic heterocycles. The number of esters is 1. The molecule has 196 valence electrons. The Balaban J connectivity index is 1.45. The summed E-state index contributed by atoms with van der Waals surface area (Å²) in [6.45, 7) is 0.651. The Morgan fingerprint density at radius 2 is 1.50 bits per heavy atom. The van der Waals surface area contributed by atoms with E-state index in [1.807, 2.05) is 60.7 Å². The molecule has 0 aromatic heterocycles. The monoisotopic (exact) mass is 525 g/mol. The third kappa shape index (κ3) is 4.70. The van der Waals surface area contributed by atoms with Crippen LogP contribution in [-0.2, 0) is 14.1 Å². The summed E-state index contributed by atoms with van der Waals surface area (Å²) >= 11 is 0. The first kappa shape index (κ1) is 25.3. The first-order valence-electron chi connectivity index (χ1n) is 13.8. The van der Waals surface area contributed by atoms with E-state index in [-0.39, 0.29) is 17.4 Å². The predicted molar refractivity (Wildman–Crippen MR) is 154 cm³/mol. The van der Waals surface area contributed by atoms with Crippen molar-refractivity contribution < 1.29 is 14.1 Å². The van der Waals surface area contributed by atoms with Gasteiger partial charge in [-0.05, 0) is 84.8 Å². The average molecular weight is 526 g/mol. The van der Waals surface area contributed by atoms with E-state index in [0.29, 0.717) is 24.8 Å². The van der Waals surface area contributed by atoms with Crippen molar-refractivity contribution in [1.29, 1.82) is 0 Å². The minimum absolute atomic E-state index is 0.113. The zero-order chi connectivity index (χ0) is 26.2. The molecule has 1 heterocycles. The van der Waals surface area contributed by atoms with Gasteiger partial charge < -0.3 is 4.74 Å². The lowest BCUT2D eigenvalue weighted by atomic mass is 9.84. The van der Waals surface area contributed by atoms with E-state index in [1.165, 1.54) is 18.2 Å². The van der Waals surface area contributed by atoms with Crippen molar-refractivity contribution in [1.82, 2.24) is 4.67 Å². The molecule has 0 radical (unpaired) electrons. The summed E-state index contributed by atoms with van der Waals surface area (Å²) in [6, 6.07) is 31.1. The van der Waals surface area contributed by atoms with Crippen LogP contribution in [0.25, 0.3) is 5.57 Å². The summed E-state index contributed by atoms with van der Waals surface area (Å²) in [5, 5.41) is 1.80. The molecule has 2 saturated carbocycles. The minimum Gasteiger partial charge on any atom is -0.469 e. The number of carbonyl (C=O) groups excluding carboxylic acids is 1. The first-order valence-corrected chi connectivity index (χ1v) is 15.5. The van der Waals surface area contributed by atoms with Gasteiger partial charge in [0.25, 0.3) is 0 Å². The van der Waals surface area contributed by atoms with E-state index in [1.54, 1.807) is 0 Å². The molecule has 0 saturated heterocycles. The molecule has 6 rings (SSSR count). The summed E-state index contributed by atoms with van der Waals surface area (Å²) in [5.74, 6) is 0.769. The van der Waals surface area contributed by atoms with Gasteiger partial charge in [-0.15, -0.1) is 0 Å². The highest BCUT2D eigenvalue weighted by Crippen LogP contribution is 2.68. The van der Waals surface area contributed by atoms with Gasteiger partial charge in [-0.3, -0.25) is 9.36 Å². The van der Waals surface area contributed by atoms with Crippen LogP contribution in [0.3, 0.4) is 0 Å². The SMILES string of the molecule is COC(=O)CC[C@H]1C[C@@H]1[C@@H]1N(P(=O)(c2ccccc2)c2ccccc2)CC=C(c2ccccc2)CC12CC2. The third-order valence-electron chi connectivity index (χ3n) is 8.96. The number of rotatable bonds is 8. The van der Waals surface area contributed by atoms with Gasteiger partial charge in [0.1, 0.15) is 0 Å². The largest absolute Gasteiger partial charge is 0.469 e. The second-order valence-electron chi connectivity index (χ2n) is 11.2. The Hall–Kier alpha value is -2.94. The van der Waals surface area contributed by atoms with E-state index < -0.39 is 7.29 Å². The molecule has 2 aliphatic carbocycles. The van der Waals surface area contributed by atoms with Gasteiger partial charge in [0.15, 0.2) is 0 Å². The third-order valence-corrected chi connectivity index (χ3v) is 12.1. The lowest BCUT2D eigenvalue weighted by molar-refractivity contribution is -0.140. The van der Waals surface area contributed by atoms with Gasteiger partial charge in [0.05, 0.1) is 7.11 Å². The van der Waals surface area contributed by atoms with Crippen molar-refractivity contribution in [3.05, 3.63) is 103 Å². The number of benzene rings is 3. The predicted octanol–water partition coefficient (Wildman–Crippen LogP) is 6.44. The van der Waals surface area contributed by atoms with Crippen LogP contribution in [0.5, 0.6) is 0 Å². The highest BCUT2D eigenvalue weighted by atomic mass is 31.2. The zero-order valence-corrected chi connectivity index (χ0v) is 22.9. The molecule has 2 fully saturated rings. The van der Waals surface area contributed by atoms with Crippen LogP contribution >= 0.6 is 7.29 Å². The fourth-order valence-electron chi connectivity index (χ4n) is 6.76. The van der Waals surface area contributed by atoms with E-state index >= 15 is 4.57 Å². The van der Waals surface area contributed by atoms with Crippen LogP contribution < -0.4 is 10.6 Å². The molecular formula is C33H36NO3P. The molecule has 4 nitrogen and oxygen atoms in total. The smallest absolute Gasteiger partial charge is 0.305 e. The van der Waals surface area contributed by atoms with Crippen molar-refractivity contribution in [2.45, 2.75) is 44.6 Å². The maximum atomic E-state index is 15.7. The van der Waals surface area contributed by atoms with E-state index in [4.69, 9.17) is 4.74 Å². The molecule has 3 aromatic rings. The van der Waals surface area contributed by atoms with E-state index in [2.05, 4.69) is 41.1 Å². The molecule has 0 bridgehead atoms. The normalized spacial score (nSPS) is 24.3. The Morgan fingerprint density at radius 1 is 0.921 bits per heavy atom. The molecule has 5 heteroatoms. The van der Waals surface area contributed by atoms with E-state index in [0.717, 1.165) is 42.7 Å². The van der Waals surface area contributed by atoms with Crippen molar-refractivity contribution in [2.75, 3.05) is 13.7 Å². The highest BCUT2D eigenvalue weighted by Gasteiger charge is 2.62. The van der Waals surface area contributed by atoms with Crippen LogP contribution in [0, 0.1) is 17.3 Å². The lowest BCUT2D eigenvalue weighted by Crippen LogP contribution is -2.45. The van der Waals surface area contributed by atoms with Gasteiger partial charge in [0.2, 0.25) is 7.29 Å².